The maximum absolute atomic E-state index is 12.7. The minimum absolute atomic E-state index is 0.210. The molecular formula is C19H20N2O6. The van der Waals surface area contributed by atoms with Gasteiger partial charge in [0.25, 0.3) is 11.8 Å². The fourth-order valence-electron chi connectivity index (χ4n) is 3.72. The molecule has 1 aromatic rings. The number of benzene rings is 1. The van der Waals surface area contributed by atoms with Crippen molar-refractivity contribution in [3.8, 4) is 0 Å². The average molecular weight is 372 g/mol. The van der Waals surface area contributed by atoms with Crippen molar-refractivity contribution in [1.29, 1.82) is 0 Å². The Labute approximate surface area is 156 Å². The number of nitrogens with zero attached hydrogens (tertiary/aromatic N) is 2. The first-order valence-corrected chi connectivity index (χ1v) is 8.84. The molecule has 0 spiro atoms. The number of piperidine rings is 1. The van der Waals surface area contributed by atoms with Crippen molar-refractivity contribution in [2.75, 3.05) is 6.54 Å². The molecule has 1 aromatic carbocycles. The summed E-state index contributed by atoms with van der Waals surface area (Å²) in [4.78, 5) is 56.4. The Hall–Kier alpha value is -2.90. The van der Waals surface area contributed by atoms with Gasteiger partial charge in [-0.15, -0.1) is 0 Å². The van der Waals surface area contributed by atoms with E-state index in [0.29, 0.717) is 24.4 Å². The molecule has 0 unspecified atom stereocenters. The van der Waals surface area contributed by atoms with Gasteiger partial charge in [-0.25, -0.2) is 9.59 Å². The fourth-order valence-corrected chi connectivity index (χ4v) is 3.72. The van der Waals surface area contributed by atoms with Crippen LogP contribution in [0.5, 0.6) is 0 Å². The van der Waals surface area contributed by atoms with Crippen LogP contribution in [0.2, 0.25) is 0 Å². The molecule has 1 saturated carbocycles. The number of carbonyl (C=O) groups is 4. The highest BCUT2D eigenvalue weighted by atomic mass is 16.7. The van der Waals surface area contributed by atoms with E-state index in [1.54, 1.807) is 32.9 Å². The second-order valence-electron chi connectivity index (χ2n) is 8.13. The molecule has 2 aliphatic heterocycles. The summed E-state index contributed by atoms with van der Waals surface area (Å²) in [7, 11) is 0. The van der Waals surface area contributed by atoms with Crippen LogP contribution in [-0.2, 0) is 14.4 Å². The normalized spacial score (nSPS) is 26.0. The van der Waals surface area contributed by atoms with Crippen LogP contribution in [0.15, 0.2) is 24.3 Å². The van der Waals surface area contributed by atoms with E-state index >= 15 is 0 Å². The molecule has 0 N–H and O–H groups in total. The minimum Gasteiger partial charge on any atom is -0.444 e. The number of rotatable bonds is 2. The molecule has 0 aromatic heterocycles. The van der Waals surface area contributed by atoms with Gasteiger partial charge in [0.2, 0.25) is 0 Å². The molecule has 2 heterocycles. The molecule has 1 aliphatic carbocycles. The lowest BCUT2D eigenvalue weighted by molar-refractivity contribution is -0.175. The average Bonchev–Trinajstić information content (AvgIpc) is 3.14. The third-order valence-corrected chi connectivity index (χ3v) is 5.18. The number of imide groups is 1. The van der Waals surface area contributed by atoms with Gasteiger partial charge in [0.1, 0.15) is 5.60 Å². The maximum Gasteiger partial charge on any atom is 0.410 e. The van der Waals surface area contributed by atoms with Gasteiger partial charge in [0, 0.05) is 6.54 Å². The SMILES string of the molecule is CC(C)(C)OC(=O)N1CC[C@]2(C(=O)ON3C(=O)c4ccccc4C3=O)C[C@H]12. The Morgan fingerprint density at radius 3 is 2.22 bits per heavy atom. The predicted octanol–water partition coefficient (Wildman–Crippen LogP) is 2.14. The van der Waals surface area contributed by atoms with Crippen molar-refractivity contribution in [2.24, 2.45) is 5.41 Å². The summed E-state index contributed by atoms with van der Waals surface area (Å²) in [6.07, 6.45) is 0.382. The quantitative estimate of drug-likeness (QED) is 0.739. The van der Waals surface area contributed by atoms with Crippen LogP contribution in [0.25, 0.3) is 0 Å². The van der Waals surface area contributed by atoms with Crippen LogP contribution in [0.4, 0.5) is 4.79 Å². The molecule has 2 fully saturated rings. The van der Waals surface area contributed by atoms with E-state index in [0.717, 1.165) is 0 Å². The minimum atomic E-state index is -0.869. The lowest BCUT2D eigenvalue weighted by Crippen LogP contribution is -2.38. The van der Waals surface area contributed by atoms with Gasteiger partial charge in [-0.1, -0.05) is 17.2 Å². The Morgan fingerprint density at radius 2 is 1.70 bits per heavy atom. The molecule has 2 atom stereocenters. The van der Waals surface area contributed by atoms with Gasteiger partial charge in [-0.3, -0.25) is 9.59 Å². The first-order chi connectivity index (χ1) is 12.6. The third kappa shape index (κ3) is 2.67. The number of fused-ring (bicyclic) bond motifs is 2. The van der Waals surface area contributed by atoms with Crippen molar-refractivity contribution in [3.05, 3.63) is 35.4 Å². The zero-order valence-electron chi connectivity index (χ0n) is 15.4. The maximum atomic E-state index is 12.7. The predicted molar refractivity (Wildman–Crippen MR) is 91.4 cm³/mol. The topological polar surface area (TPSA) is 93.2 Å². The second-order valence-corrected chi connectivity index (χ2v) is 8.13. The number of hydroxylamine groups is 2. The van der Waals surface area contributed by atoms with Crippen molar-refractivity contribution in [2.45, 2.75) is 45.3 Å². The van der Waals surface area contributed by atoms with E-state index in [-0.39, 0.29) is 17.2 Å². The smallest absolute Gasteiger partial charge is 0.410 e. The summed E-state index contributed by atoms with van der Waals surface area (Å²) >= 11 is 0. The molecule has 8 heteroatoms. The van der Waals surface area contributed by atoms with E-state index in [9.17, 15) is 19.2 Å². The largest absolute Gasteiger partial charge is 0.444 e. The number of likely N-dealkylation sites (tertiary alicyclic amines) is 1. The zero-order valence-corrected chi connectivity index (χ0v) is 15.4. The Bertz CT molecular complexity index is 838. The van der Waals surface area contributed by atoms with Crippen LogP contribution in [0.3, 0.4) is 0 Å². The Balaban J connectivity index is 1.45. The lowest BCUT2D eigenvalue weighted by atomic mass is 10.1. The van der Waals surface area contributed by atoms with E-state index in [4.69, 9.17) is 9.57 Å². The molecule has 3 amide bonds. The first-order valence-electron chi connectivity index (χ1n) is 8.84. The number of hydrogen-bond acceptors (Lipinski definition) is 6. The third-order valence-electron chi connectivity index (χ3n) is 5.18. The molecular weight excluding hydrogens is 352 g/mol. The van der Waals surface area contributed by atoms with Gasteiger partial charge >= 0.3 is 12.1 Å². The summed E-state index contributed by atoms with van der Waals surface area (Å²) in [5.74, 6) is -1.97. The summed E-state index contributed by atoms with van der Waals surface area (Å²) in [6, 6.07) is 5.99. The van der Waals surface area contributed by atoms with Crippen LogP contribution < -0.4 is 0 Å². The summed E-state index contributed by atoms with van der Waals surface area (Å²) < 4.78 is 5.37. The highest BCUT2D eigenvalue weighted by Gasteiger charge is 2.69. The van der Waals surface area contributed by atoms with Crippen molar-refractivity contribution < 1.29 is 28.8 Å². The molecule has 142 valence electrons. The van der Waals surface area contributed by atoms with E-state index < -0.39 is 34.9 Å². The van der Waals surface area contributed by atoms with Gasteiger partial charge < -0.3 is 14.5 Å². The van der Waals surface area contributed by atoms with Gasteiger partial charge in [-0.2, -0.15) is 0 Å². The molecule has 3 aliphatic rings. The fraction of sp³-hybridized carbons (Fsp3) is 0.474. The standard InChI is InChI=1S/C19H20N2O6/c1-18(2,3)26-17(25)20-9-8-19(10-13(19)20)16(24)27-21-14(22)11-6-4-5-7-12(11)15(21)23/h4-7,13H,8-10H2,1-3H3/t13-,19-/m0/s1. The highest BCUT2D eigenvalue weighted by molar-refractivity contribution is 6.21. The highest BCUT2D eigenvalue weighted by Crippen LogP contribution is 2.58. The van der Waals surface area contributed by atoms with Crippen molar-refractivity contribution >= 4 is 23.9 Å². The Morgan fingerprint density at radius 1 is 1.11 bits per heavy atom. The molecule has 8 nitrogen and oxygen atoms in total. The molecule has 0 radical (unpaired) electrons. The number of hydrogen-bond donors (Lipinski definition) is 0. The summed E-state index contributed by atoms with van der Waals surface area (Å²) in [6.45, 7) is 5.70. The van der Waals surface area contributed by atoms with Crippen LogP contribution in [0.1, 0.15) is 54.3 Å². The molecule has 0 bridgehead atoms. The van der Waals surface area contributed by atoms with Crippen molar-refractivity contribution in [1.82, 2.24) is 9.96 Å². The Kier molecular flexibility index (Phi) is 3.60. The van der Waals surface area contributed by atoms with E-state index in [1.165, 1.54) is 17.0 Å². The molecule has 1 saturated heterocycles. The summed E-state index contributed by atoms with van der Waals surface area (Å²) in [5, 5.41) is 0.521. The zero-order chi connectivity index (χ0) is 19.6. The van der Waals surface area contributed by atoms with Gasteiger partial charge in [-0.05, 0) is 45.7 Å². The number of ether oxygens (including phenoxy) is 1. The summed E-state index contributed by atoms with van der Waals surface area (Å²) in [5.41, 5.74) is -1.08. The van der Waals surface area contributed by atoms with Crippen molar-refractivity contribution in [3.63, 3.8) is 0 Å². The molecule has 4 rings (SSSR count). The molecule has 27 heavy (non-hydrogen) atoms. The first kappa shape index (κ1) is 17.5. The second kappa shape index (κ2) is 5.55. The van der Waals surface area contributed by atoms with Crippen LogP contribution in [0, 0.1) is 5.41 Å². The van der Waals surface area contributed by atoms with Gasteiger partial charge in [0.05, 0.1) is 22.6 Å². The lowest BCUT2D eigenvalue weighted by Gasteiger charge is -2.25. The van der Waals surface area contributed by atoms with E-state index in [2.05, 4.69) is 0 Å². The van der Waals surface area contributed by atoms with Crippen LogP contribution >= 0.6 is 0 Å². The number of carbonyl (C=O) groups excluding carboxylic acids is 4. The van der Waals surface area contributed by atoms with E-state index in [1.807, 2.05) is 0 Å². The number of amides is 3. The monoisotopic (exact) mass is 372 g/mol. The van der Waals surface area contributed by atoms with Crippen LogP contribution in [-0.4, -0.2) is 52.0 Å². The van der Waals surface area contributed by atoms with Gasteiger partial charge in [0.15, 0.2) is 0 Å².